The number of hydrogen-bond donors (Lipinski definition) is 2. The van der Waals surface area contributed by atoms with Gasteiger partial charge in [-0.1, -0.05) is 17.3 Å². The summed E-state index contributed by atoms with van der Waals surface area (Å²) in [5, 5.41) is 17.1. The highest BCUT2D eigenvalue weighted by molar-refractivity contribution is 5.71. The molecular weight excluding hydrogens is 541 g/mol. The molecule has 3 aromatic rings. The highest BCUT2D eigenvalue weighted by Crippen LogP contribution is 2.34. The van der Waals surface area contributed by atoms with Gasteiger partial charge in [-0.25, -0.2) is 19.2 Å². The zero-order valence-corrected chi connectivity index (χ0v) is 25.5. The molecule has 11 heteroatoms. The first-order valence-corrected chi connectivity index (χ1v) is 14.3. The van der Waals surface area contributed by atoms with Crippen LogP contribution in [0.2, 0.25) is 0 Å². The van der Waals surface area contributed by atoms with Gasteiger partial charge in [-0.2, -0.15) is 0 Å². The topological polar surface area (TPSA) is 123 Å². The van der Waals surface area contributed by atoms with Gasteiger partial charge in [-0.3, -0.25) is 0 Å². The fourth-order valence-electron chi connectivity index (χ4n) is 5.09. The van der Waals surface area contributed by atoms with Crippen molar-refractivity contribution in [2.24, 2.45) is 5.92 Å². The number of amides is 1. The summed E-state index contributed by atoms with van der Waals surface area (Å²) in [4.78, 5) is 23.8. The van der Waals surface area contributed by atoms with Crippen LogP contribution in [-0.2, 0) is 11.2 Å². The largest absolute Gasteiger partial charge is 0.491 e. The zero-order valence-electron chi connectivity index (χ0n) is 25.5. The smallest absolute Gasteiger partial charge is 0.410 e. The molecule has 1 aromatic carbocycles. The quantitative estimate of drug-likeness (QED) is 0.365. The maximum absolute atomic E-state index is 15.5. The predicted octanol–water partition coefficient (Wildman–Crippen LogP) is 4.82. The molecule has 1 aliphatic rings. The first-order valence-electron chi connectivity index (χ1n) is 14.3. The van der Waals surface area contributed by atoms with Crippen molar-refractivity contribution in [3.8, 4) is 28.4 Å². The van der Waals surface area contributed by atoms with Crippen LogP contribution in [0.5, 0.6) is 5.75 Å². The third-order valence-corrected chi connectivity index (χ3v) is 7.27. The minimum absolute atomic E-state index is 0.0217. The molecule has 1 saturated heterocycles. The molecule has 2 N–H and O–H groups in total. The summed E-state index contributed by atoms with van der Waals surface area (Å²) in [6.07, 6.45) is -1.51. The number of rotatable bonds is 9. The van der Waals surface area contributed by atoms with Gasteiger partial charge in [-0.15, -0.1) is 0 Å². The lowest BCUT2D eigenvalue weighted by Crippen LogP contribution is -2.47. The number of hydrogen-bond acceptors (Lipinski definition) is 9. The molecule has 0 aliphatic carbocycles. The van der Waals surface area contributed by atoms with E-state index in [1.165, 1.54) is 4.90 Å². The predicted molar refractivity (Wildman–Crippen MR) is 157 cm³/mol. The second-order valence-electron chi connectivity index (χ2n) is 11.9. The molecule has 4 rings (SSSR count). The van der Waals surface area contributed by atoms with Gasteiger partial charge in [0.2, 0.25) is 0 Å². The summed E-state index contributed by atoms with van der Waals surface area (Å²) >= 11 is 0. The Bertz CT molecular complexity index is 1370. The minimum Gasteiger partial charge on any atom is -0.491 e. The number of carbonyl (C=O) groups is 1. The van der Waals surface area contributed by atoms with Gasteiger partial charge >= 0.3 is 6.09 Å². The Morgan fingerprint density at radius 3 is 2.67 bits per heavy atom. The third kappa shape index (κ3) is 7.63. The molecule has 0 saturated carbocycles. The van der Waals surface area contributed by atoms with Crippen molar-refractivity contribution in [3.05, 3.63) is 47.0 Å². The molecule has 3 atom stereocenters. The van der Waals surface area contributed by atoms with E-state index < -0.39 is 24.0 Å². The standard InChI is InChI=1S/C31H42FN5O5/c1-18-26(14-21-11-12-37(16-25(21)32)30(39)41-31(4,5)6)34-29(35-28(18)27-19(2)36-42-20(27)3)22-9-8-10-24(13-22)40-17-23(38)15-33-7/h8-10,13,21,23,25,33,38H,11-12,14-17H2,1-7H3/t21-,23?,25-/m0/s1. The lowest BCUT2D eigenvalue weighted by Gasteiger charge is -2.35. The second-order valence-corrected chi connectivity index (χ2v) is 11.9. The molecule has 2 aromatic heterocycles. The number of aliphatic hydroxyl groups is 1. The van der Waals surface area contributed by atoms with Gasteiger partial charge in [0, 0.05) is 24.3 Å². The highest BCUT2D eigenvalue weighted by Gasteiger charge is 2.34. The number of aryl methyl sites for hydroxylation is 2. The summed E-state index contributed by atoms with van der Waals surface area (Å²) in [5.41, 5.74) is 3.82. The van der Waals surface area contributed by atoms with Crippen LogP contribution in [0.1, 0.15) is 49.9 Å². The van der Waals surface area contributed by atoms with E-state index in [4.69, 9.17) is 24.0 Å². The average Bonchev–Trinajstić information content (AvgIpc) is 3.26. The molecule has 228 valence electrons. The van der Waals surface area contributed by atoms with Crippen LogP contribution in [0, 0.1) is 26.7 Å². The van der Waals surface area contributed by atoms with Crippen molar-refractivity contribution >= 4 is 6.09 Å². The Hall–Kier alpha value is -3.57. The number of nitrogens with one attached hydrogen (secondary N) is 1. The van der Waals surface area contributed by atoms with E-state index in [-0.39, 0.29) is 19.1 Å². The number of piperidine rings is 1. The Balaban J connectivity index is 1.64. The van der Waals surface area contributed by atoms with Gasteiger partial charge in [0.15, 0.2) is 5.82 Å². The molecule has 0 bridgehead atoms. The molecule has 0 radical (unpaired) electrons. The van der Waals surface area contributed by atoms with Crippen molar-refractivity contribution in [1.82, 2.24) is 25.3 Å². The third-order valence-electron chi connectivity index (χ3n) is 7.27. The van der Waals surface area contributed by atoms with Gasteiger partial charge in [-0.05, 0) is 85.0 Å². The summed E-state index contributed by atoms with van der Waals surface area (Å²) in [7, 11) is 1.77. The number of likely N-dealkylation sites (N-methyl/N-ethyl adjacent to an activating group) is 1. The average molecular weight is 584 g/mol. The van der Waals surface area contributed by atoms with Crippen molar-refractivity contribution in [3.63, 3.8) is 0 Å². The molecule has 10 nitrogen and oxygen atoms in total. The minimum atomic E-state index is -1.23. The first-order chi connectivity index (χ1) is 19.9. The number of likely N-dealkylation sites (tertiary alicyclic amines) is 1. The Morgan fingerprint density at radius 2 is 2.02 bits per heavy atom. The van der Waals surface area contributed by atoms with Gasteiger partial charge in [0.05, 0.1) is 23.5 Å². The lowest BCUT2D eigenvalue weighted by atomic mass is 9.88. The van der Waals surface area contributed by atoms with Crippen molar-refractivity contribution < 1.29 is 28.3 Å². The molecule has 0 spiro atoms. The van der Waals surface area contributed by atoms with E-state index in [0.29, 0.717) is 54.7 Å². The van der Waals surface area contributed by atoms with Crippen LogP contribution in [0.3, 0.4) is 0 Å². The van der Waals surface area contributed by atoms with Crippen LogP contribution in [0.4, 0.5) is 9.18 Å². The van der Waals surface area contributed by atoms with Gasteiger partial charge in [0.1, 0.15) is 36.0 Å². The fraction of sp³-hybridized carbons (Fsp3) is 0.548. The Labute approximate surface area is 246 Å². The normalized spacial score (nSPS) is 18.2. The van der Waals surface area contributed by atoms with Crippen LogP contribution in [0.25, 0.3) is 22.6 Å². The molecule has 1 fully saturated rings. The number of ether oxygens (including phenoxy) is 2. The molecule has 3 heterocycles. The molecule has 42 heavy (non-hydrogen) atoms. The monoisotopic (exact) mass is 583 g/mol. The van der Waals surface area contributed by atoms with E-state index in [1.807, 2.05) is 45.0 Å². The van der Waals surface area contributed by atoms with Gasteiger partial charge < -0.3 is 29.3 Å². The highest BCUT2D eigenvalue weighted by atomic mass is 19.1. The summed E-state index contributed by atoms with van der Waals surface area (Å²) in [5.74, 6) is 1.35. The zero-order chi connectivity index (χ0) is 30.6. The molecule has 1 aliphatic heterocycles. The van der Waals surface area contributed by atoms with Crippen LogP contribution in [0.15, 0.2) is 28.8 Å². The second kappa shape index (κ2) is 13.2. The summed E-state index contributed by atoms with van der Waals surface area (Å²) in [6, 6.07) is 7.37. The number of halogens is 1. The van der Waals surface area contributed by atoms with E-state index in [9.17, 15) is 9.90 Å². The van der Waals surface area contributed by atoms with E-state index in [1.54, 1.807) is 27.8 Å². The van der Waals surface area contributed by atoms with Crippen molar-refractivity contribution in [2.75, 3.05) is 33.3 Å². The first kappa shape index (κ1) is 31.4. The van der Waals surface area contributed by atoms with E-state index in [0.717, 1.165) is 22.4 Å². The molecule has 1 amide bonds. The number of aliphatic hydroxyl groups excluding tert-OH is 1. The number of nitrogens with zero attached hydrogens (tertiary/aromatic N) is 4. The van der Waals surface area contributed by atoms with Crippen LogP contribution in [-0.4, -0.2) is 82.4 Å². The van der Waals surface area contributed by atoms with Crippen LogP contribution >= 0.6 is 0 Å². The fourth-order valence-corrected chi connectivity index (χ4v) is 5.09. The van der Waals surface area contributed by atoms with E-state index in [2.05, 4.69) is 10.5 Å². The van der Waals surface area contributed by atoms with Gasteiger partial charge in [0.25, 0.3) is 0 Å². The SMILES string of the molecule is CNCC(O)COc1cccc(-c2nc(C[C@@H]3CCN(C(=O)OC(C)(C)C)C[C@@H]3F)c(C)c(-c3c(C)noc3C)n2)c1. The van der Waals surface area contributed by atoms with Crippen molar-refractivity contribution in [2.45, 2.75) is 72.3 Å². The summed E-state index contributed by atoms with van der Waals surface area (Å²) in [6.45, 7) is 12.0. The maximum Gasteiger partial charge on any atom is 0.410 e. The maximum atomic E-state index is 15.5. The Kier molecular flexibility index (Phi) is 9.83. The van der Waals surface area contributed by atoms with Crippen molar-refractivity contribution in [1.29, 1.82) is 0 Å². The van der Waals surface area contributed by atoms with E-state index >= 15 is 4.39 Å². The van der Waals surface area contributed by atoms with Crippen LogP contribution < -0.4 is 10.1 Å². The molecular formula is C31H42FN5O5. The number of alkyl halides is 1. The number of benzene rings is 1. The summed E-state index contributed by atoms with van der Waals surface area (Å²) < 4.78 is 32.2. The molecule has 1 unspecified atom stereocenters. The number of aromatic nitrogens is 3. The number of carbonyl (C=O) groups excluding carboxylic acids is 1. The Morgan fingerprint density at radius 1 is 1.26 bits per heavy atom. The lowest BCUT2D eigenvalue weighted by molar-refractivity contribution is 0.00542.